The van der Waals surface area contributed by atoms with E-state index in [1.807, 2.05) is 0 Å². The first-order chi connectivity index (χ1) is 7.30. The van der Waals surface area contributed by atoms with Crippen LogP contribution in [0.4, 0.5) is 13.2 Å². The van der Waals surface area contributed by atoms with Gasteiger partial charge in [-0.3, -0.25) is 4.79 Å². The molecule has 0 aliphatic carbocycles. The van der Waals surface area contributed by atoms with Gasteiger partial charge in [-0.15, -0.1) is 11.3 Å². The monoisotopic (exact) mass is 270 g/mol. The van der Waals surface area contributed by atoms with Gasteiger partial charge in [0, 0.05) is 0 Å². The summed E-state index contributed by atoms with van der Waals surface area (Å²) in [6.45, 7) is 1.47. The van der Waals surface area contributed by atoms with Crippen LogP contribution >= 0.6 is 22.9 Å². The van der Waals surface area contributed by atoms with E-state index < -0.39 is 12.1 Å². The summed E-state index contributed by atoms with van der Waals surface area (Å²) >= 11 is 6.79. The summed E-state index contributed by atoms with van der Waals surface area (Å²) in [5.41, 5.74) is 1.68. The first-order valence-electron chi connectivity index (χ1n) is 3.98. The van der Waals surface area contributed by atoms with Crippen molar-refractivity contribution in [2.24, 2.45) is 5.10 Å². The second kappa shape index (κ2) is 4.84. The van der Waals surface area contributed by atoms with E-state index in [2.05, 4.69) is 5.10 Å². The van der Waals surface area contributed by atoms with Crippen molar-refractivity contribution in [1.29, 1.82) is 0 Å². The SMILES string of the molecule is CC(=NNC(=O)C(F)(F)F)c1ccc(Cl)s1. The fraction of sp³-hybridized carbons (Fsp3) is 0.250. The van der Waals surface area contributed by atoms with Crippen LogP contribution in [0.5, 0.6) is 0 Å². The van der Waals surface area contributed by atoms with Crippen LogP contribution in [0.2, 0.25) is 4.34 Å². The van der Waals surface area contributed by atoms with E-state index in [0.29, 0.717) is 9.21 Å². The summed E-state index contributed by atoms with van der Waals surface area (Å²) in [5.74, 6) is -2.10. The van der Waals surface area contributed by atoms with Crippen molar-refractivity contribution >= 4 is 34.6 Å². The molecule has 0 spiro atoms. The van der Waals surface area contributed by atoms with Gasteiger partial charge in [-0.05, 0) is 19.1 Å². The molecule has 8 heteroatoms. The zero-order valence-corrected chi connectivity index (χ0v) is 9.50. The Hall–Kier alpha value is -1.08. The van der Waals surface area contributed by atoms with E-state index in [1.165, 1.54) is 12.3 Å². The van der Waals surface area contributed by atoms with E-state index in [1.54, 1.807) is 12.1 Å². The highest BCUT2D eigenvalue weighted by Crippen LogP contribution is 2.22. The van der Waals surface area contributed by atoms with Crippen LogP contribution in [-0.2, 0) is 4.79 Å². The quantitative estimate of drug-likeness (QED) is 0.652. The van der Waals surface area contributed by atoms with Crippen LogP contribution in [0.1, 0.15) is 11.8 Å². The molecule has 0 radical (unpaired) electrons. The molecular weight excluding hydrogens is 265 g/mol. The fourth-order valence-corrected chi connectivity index (χ4v) is 1.75. The molecule has 1 aromatic rings. The van der Waals surface area contributed by atoms with E-state index >= 15 is 0 Å². The lowest BCUT2D eigenvalue weighted by Crippen LogP contribution is -2.34. The topological polar surface area (TPSA) is 41.5 Å². The molecule has 0 aromatic carbocycles. The summed E-state index contributed by atoms with van der Waals surface area (Å²) < 4.78 is 35.9. The second-order valence-electron chi connectivity index (χ2n) is 2.74. The van der Waals surface area contributed by atoms with Gasteiger partial charge in [0.15, 0.2) is 0 Å². The first-order valence-corrected chi connectivity index (χ1v) is 5.17. The van der Waals surface area contributed by atoms with Crippen LogP contribution in [-0.4, -0.2) is 17.8 Å². The smallest absolute Gasteiger partial charge is 0.263 e. The lowest BCUT2D eigenvalue weighted by atomic mass is 10.3. The van der Waals surface area contributed by atoms with Crippen LogP contribution < -0.4 is 5.43 Å². The zero-order valence-electron chi connectivity index (χ0n) is 7.93. The van der Waals surface area contributed by atoms with Crippen molar-refractivity contribution in [3.63, 3.8) is 0 Å². The van der Waals surface area contributed by atoms with Crippen molar-refractivity contribution in [1.82, 2.24) is 5.43 Å². The van der Waals surface area contributed by atoms with Gasteiger partial charge in [0.2, 0.25) is 0 Å². The van der Waals surface area contributed by atoms with Crippen LogP contribution in [0.3, 0.4) is 0 Å². The molecule has 0 fully saturated rings. The van der Waals surface area contributed by atoms with Crippen molar-refractivity contribution in [3.8, 4) is 0 Å². The largest absolute Gasteiger partial charge is 0.473 e. The molecule has 1 amide bonds. The molecule has 0 unspecified atom stereocenters. The zero-order chi connectivity index (χ0) is 12.3. The summed E-state index contributed by atoms with van der Waals surface area (Å²) in [4.78, 5) is 11.0. The number of nitrogens with zero attached hydrogens (tertiary/aromatic N) is 1. The van der Waals surface area contributed by atoms with Crippen molar-refractivity contribution in [3.05, 3.63) is 21.3 Å². The molecule has 1 rings (SSSR count). The van der Waals surface area contributed by atoms with E-state index in [0.717, 1.165) is 11.3 Å². The Balaban J connectivity index is 2.69. The highest BCUT2D eigenvalue weighted by atomic mass is 35.5. The second-order valence-corrected chi connectivity index (χ2v) is 4.45. The predicted molar refractivity (Wildman–Crippen MR) is 55.7 cm³/mol. The number of halogens is 4. The molecule has 3 nitrogen and oxygen atoms in total. The van der Waals surface area contributed by atoms with Gasteiger partial charge >= 0.3 is 12.1 Å². The van der Waals surface area contributed by atoms with Crippen molar-refractivity contribution in [2.75, 3.05) is 0 Å². The van der Waals surface area contributed by atoms with Gasteiger partial charge < -0.3 is 0 Å². The van der Waals surface area contributed by atoms with E-state index in [4.69, 9.17) is 11.6 Å². The van der Waals surface area contributed by atoms with Crippen LogP contribution in [0.25, 0.3) is 0 Å². The summed E-state index contributed by atoms with van der Waals surface area (Å²) in [5, 5.41) is 3.32. The predicted octanol–water partition coefficient (Wildman–Crippen LogP) is 2.80. The minimum Gasteiger partial charge on any atom is -0.263 e. The Labute approximate surface area is 97.9 Å². The van der Waals surface area contributed by atoms with E-state index in [9.17, 15) is 18.0 Å². The number of rotatable bonds is 2. The average Bonchev–Trinajstić information content (AvgIpc) is 2.59. The number of carbonyl (C=O) groups excluding carboxylic acids is 1. The molecule has 1 N–H and O–H groups in total. The minimum atomic E-state index is -4.93. The van der Waals surface area contributed by atoms with Gasteiger partial charge in [-0.2, -0.15) is 18.3 Å². The maximum atomic E-state index is 11.8. The van der Waals surface area contributed by atoms with Gasteiger partial charge in [0.25, 0.3) is 0 Å². The standard InChI is InChI=1S/C8H6ClF3N2OS/c1-4(5-2-3-6(9)16-5)13-14-7(15)8(10,11)12/h2-3H,1H3,(H,14,15). The Morgan fingerprint density at radius 3 is 2.56 bits per heavy atom. The number of alkyl halides is 3. The number of hydrogen-bond acceptors (Lipinski definition) is 3. The van der Waals surface area contributed by atoms with Gasteiger partial charge in [-0.1, -0.05) is 11.6 Å². The molecule has 0 bridgehead atoms. The molecular formula is C8H6ClF3N2OS. The molecule has 88 valence electrons. The maximum Gasteiger partial charge on any atom is 0.473 e. The number of carbonyl (C=O) groups is 1. The third-order valence-electron chi connectivity index (χ3n) is 1.51. The minimum absolute atomic E-state index is 0.259. The highest BCUT2D eigenvalue weighted by Gasteiger charge is 2.38. The fourth-order valence-electron chi connectivity index (χ4n) is 0.762. The van der Waals surface area contributed by atoms with E-state index in [-0.39, 0.29) is 5.71 Å². The van der Waals surface area contributed by atoms with Crippen LogP contribution in [0.15, 0.2) is 17.2 Å². The molecule has 0 atom stereocenters. The number of nitrogens with one attached hydrogen (secondary N) is 1. The van der Waals surface area contributed by atoms with Gasteiger partial charge in [0.1, 0.15) is 0 Å². The summed E-state index contributed by atoms with van der Waals surface area (Å²) in [6.07, 6.45) is -4.93. The van der Waals surface area contributed by atoms with Crippen LogP contribution in [0, 0.1) is 0 Å². The lowest BCUT2D eigenvalue weighted by Gasteiger charge is -2.03. The highest BCUT2D eigenvalue weighted by molar-refractivity contribution is 7.18. The summed E-state index contributed by atoms with van der Waals surface area (Å²) in [7, 11) is 0. The lowest BCUT2D eigenvalue weighted by molar-refractivity contribution is -0.173. The maximum absolute atomic E-state index is 11.8. The molecule has 0 saturated heterocycles. The molecule has 1 heterocycles. The molecule has 0 saturated carbocycles. The third kappa shape index (κ3) is 3.49. The summed E-state index contributed by atoms with van der Waals surface area (Å²) in [6, 6.07) is 3.19. The number of amides is 1. The molecule has 0 aliphatic rings. The number of hydrazone groups is 1. The Morgan fingerprint density at radius 1 is 1.50 bits per heavy atom. The molecule has 0 aliphatic heterocycles. The molecule has 1 aromatic heterocycles. The molecule has 16 heavy (non-hydrogen) atoms. The third-order valence-corrected chi connectivity index (χ3v) is 2.85. The number of thiophene rings is 1. The Morgan fingerprint density at radius 2 is 2.12 bits per heavy atom. The van der Waals surface area contributed by atoms with Gasteiger partial charge in [0.05, 0.1) is 14.9 Å². The Kier molecular flexibility index (Phi) is 3.93. The average molecular weight is 271 g/mol. The number of hydrogen-bond donors (Lipinski definition) is 1. The van der Waals surface area contributed by atoms with Crippen molar-refractivity contribution < 1.29 is 18.0 Å². The van der Waals surface area contributed by atoms with Gasteiger partial charge in [-0.25, -0.2) is 5.43 Å². The normalized spacial score (nSPS) is 12.7. The van der Waals surface area contributed by atoms with Crippen molar-refractivity contribution in [2.45, 2.75) is 13.1 Å². The Bertz CT molecular complexity index is 427. The first kappa shape index (κ1) is 13.0.